The Morgan fingerprint density at radius 1 is 1.32 bits per heavy atom. The number of carbonyl (C=O) groups is 1. The van der Waals surface area contributed by atoms with E-state index < -0.39 is 17.7 Å². The van der Waals surface area contributed by atoms with Crippen molar-refractivity contribution in [1.82, 2.24) is 4.90 Å². The Bertz CT molecular complexity index is 462. The molecule has 0 saturated carbocycles. The van der Waals surface area contributed by atoms with E-state index in [9.17, 15) is 13.6 Å². The SMILES string of the molecule is CCN(CC)C(=O)C(C)Oc1cc(F)c(N)cc1F. The number of carbonyl (C=O) groups excluding carboxylic acids is 1. The zero-order chi connectivity index (χ0) is 14.6. The Morgan fingerprint density at radius 2 is 1.89 bits per heavy atom. The van der Waals surface area contributed by atoms with Crippen LogP contribution in [0.4, 0.5) is 14.5 Å². The van der Waals surface area contributed by atoms with Gasteiger partial charge in [0.2, 0.25) is 0 Å². The lowest BCUT2D eigenvalue weighted by molar-refractivity contribution is -0.137. The first-order chi connectivity index (χ1) is 8.90. The van der Waals surface area contributed by atoms with Crippen LogP contribution in [0.2, 0.25) is 0 Å². The van der Waals surface area contributed by atoms with Crippen molar-refractivity contribution in [2.75, 3.05) is 18.8 Å². The lowest BCUT2D eigenvalue weighted by atomic mass is 10.2. The third-order valence-corrected chi connectivity index (χ3v) is 2.78. The number of halogens is 2. The minimum absolute atomic E-state index is 0.276. The maximum atomic E-state index is 13.5. The second-order valence-corrected chi connectivity index (χ2v) is 4.07. The molecule has 0 heterocycles. The second kappa shape index (κ2) is 6.36. The molecular formula is C13H18F2N2O2. The van der Waals surface area contributed by atoms with Crippen LogP contribution in [-0.4, -0.2) is 30.0 Å². The molecule has 1 aromatic rings. The van der Waals surface area contributed by atoms with Crippen molar-refractivity contribution in [2.45, 2.75) is 26.9 Å². The molecule has 4 nitrogen and oxygen atoms in total. The summed E-state index contributed by atoms with van der Waals surface area (Å²) in [5, 5.41) is 0. The van der Waals surface area contributed by atoms with E-state index >= 15 is 0 Å². The molecule has 0 bridgehead atoms. The normalized spacial score (nSPS) is 12.1. The summed E-state index contributed by atoms with van der Waals surface area (Å²) >= 11 is 0. The highest BCUT2D eigenvalue weighted by atomic mass is 19.1. The molecule has 1 aromatic carbocycles. The van der Waals surface area contributed by atoms with Gasteiger partial charge in [-0.3, -0.25) is 4.79 Å². The van der Waals surface area contributed by atoms with Gasteiger partial charge in [0.05, 0.1) is 5.69 Å². The van der Waals surface area contributed by atoms with Gasteiger partial charge in [0.15, 0.2) is 17.7 Å². The molecule has 1 atom stereocenters. The summed E-state index contributed by atoms with van der Waals surface area (Å²) in [5.74, 6) is -2.17. The zero-order valence-electron chi connectivity index (χ0n) is 11.2. The standard InChI is InChI=1S/C13H18F2N2O2/c1-4-17(5-2)13(18)8(3)19-12-7-9(14)11(16)6-10(12)15/h6-8H,4-5,16H2,1-3H3. The first-order valence-corrected chi connectivity index (χ1v) is 6.10. The minimum Gasteiger partial charge on any atom is -0.478 e. The molecule has 0 fully saturated rings. The number of nitrogens with zero attached hydrogens (tertiary/aromatic N) is 1. The van der Waals surface area contributed by atoms with E-state index in [2.05, 4.69) is 0 Å². The molecular weight excluding hydrogens is 254 g/mol. The topological polar surface area (TPSA) is 55.6 Å². The van der Waals surface area contributed by atoms with E-state index in [0.717, 1.165) is 12.1 Å². The predicted octanol–water partition coefficient (Wildman–Crippen LogP) is 2.18. The minimum atomic E-state index is -0.891. The van der Waals surface area contributed by atoms with Gasteiger partial charge in [-0.15, -0.1) is 0 Å². The van der Waals surface area contributed by atoms with Gasteiger partial charge in [-0.1, -0.05) is 0 Å². The molecule has 0 aliphatic heterocycles. The molecule has 1 rings (SSSR count). The molecule has 0 saturated heterocycles. The summed E-state index contributed by atoms with van der Waals surface area (Å²) in [4.78, 5) is 13.5. The number of likely N-dealkylation sites (N-methyl/N-ethyl adjacent to an activating group) is 1. The van der Waals surface area contributed by atoms with Gasteiger partial charge in [-0.05, 0) is 20.8 Å². The first-order valence-electron chi connectivity index (χ1n) is 6.10. The van der Waals surface area contributed by atoms with Crippen LogP contribution in [0.5, 0.6) is 5.75 Å². The average Bonchev–Trinajstić information content (AvgIpc) is 2.37. The fraction of sp³-hybridized carbons (Fsp3) is 0.462. The predicted molar refractivity (Wildman–Crippen MR) is 68.8 cm³/mol. The molecule has 0 spiro atoms. The van der Waals surface area contributed by atoms with Gasteiger partial charge in [-0.25, -0.2) is 8.78 Å². The van der Waals surface area contributed by atoms with Gasteiger partial charge in [0.1, 0.15) is 5.82 Å². The first kappa shape index (κ1) is 15.2. The molecule has 106 valence electrons. The van der Waals surface area contributed by atoms with Crippen LogP contribution in [0.25, 0.3) is 0 Å². The van der Waals surface area contributed by atoms with E-state index in [1.165, 1.54) is 6.92 Å². The van der Waals surface area contributed by atoms with Crippen LogP contribution in [0, 0.1) is 11.6 Å². The second-order valence-electron chi connectivity index (χ2n) is 4.07. The largest absolute Gasteiger partial charge is 0.478 e. The third kappa shape index (κ3) is 3.56. The number of amides is 1. The van der Waals surface area contributed by atoms with Crippen molar-refractivity contribution in [3.8, 4) is 5.75 Å². The zero-order valence-corrected chi connectivity index (χ0v) is 11.2. The highest BCUT2D eigenvalue weighted by Gasteiger charge is 2.21. The van der Waals surface area contributed by atoms with Gasteiger partial charge < -0.3 is 15.4 Å². The molecule has 1 unspecified atom stereocenters. The number of ether oxygens (including phenoxy) is 1. The molecule has 0 aromatic heterocycles. The van der Waals surface area contributed by atoms with Crippen molar-refractivity contribution in [3.63, 3.8) is 0 Å². The van der Waals surface area contributed by atoms with Gasteiger partial charge >= 0.3 is 0 Å². The Kier molecular flexibility index (Phi) is 5.09. The van der Waals surface area contributed by atoms with Crippen molar-refractivity contribution in [3.05, 3.63) is 23.8 Å². The Labute approximate surface area is 111 Å². The van der Waals surface area contributed by atoms with Gasteiger partial charge in [0, 0.05) is 25.2 Å². The number of nitrogen functional groups attached to an aromatic ring is 1. The third-order valence-electron chi connectivity index (χ3n) is 2.78. The number of hydrogen-bond acceptors (Lipinski definition) is 3. The summed E-state index contributed by atoms with van der Waals surface area (Å²) in [5.41, 5.74) is 4.93. The summed E-state index contributed by atoms with van der Waals surface area (Å²) < 4.78 is 31.9. The molecule has 1 amide bonds. The lowest BCUT2D eigenvalue weighted by Crippen LogP contribution is -2.40. The molecule has 19 heavy (non-hydrogen) atoms. The van der Waals surface area contributed by atoms with Crippen LogP contribution >= 0.6 is 0 Å². The molecule has 0 radical (unpaired) electrons. The number of hydrogen-bond donors (Lipinski definition) is 1. The number of rotatable bonds is 5. The van der Waals surface area contributed by atoms with Crippen molar-refractivity contribution < 1.29 is 18.3 Å². The maximum Gasteiger partial charge on any atom is 0.263 e. The smallest absolute Gasteiger partial charge is 0.263 e. The fourth-order valence-corrected chi connectivity index (χ4v) is 1.67. The quantitative estimate of drug-likeness (QED) is 0.836. The van der Waals surface area contributed by atoms with Crippen LogP contribution in [0.3, 0.4) is 0 Å². The number of anilines is 1. The highest BCUT2D eigenvalue weighted by Crippen LogP contribution is 2.24. The van der Waals surface area contributed by atoms with E-state index in [4.69, 9.17) is 10.5 Å². The monoisotopic (exact) mass is 272 g/mol. The van der Waals surface area contributed by atoms with E-state index in [-0.39, 0.29) is 17.3 Å². The Hall–Kier alpha value is -1.85. The summed E-state index contributed by atoms with van der Waals surface area (Å²) in [6.07, 6.45) is -0.891. The van der Waals surface area contributed by atoms with E-state index in [1.54, 1.807) is 4.90 Å². The van der Waals surface area contributed by atoms with E-state index in [1.807, 2.05) is 13.8 Å². The summed E-state index contributed by atoms with van der Waals surface area (Å²) in [6, 6.07) is 1.68. The maximum absolute atomic E-state index is 13.5. The summed E-state index contributed by atoms with van der Waals surface area (Å²) in [7, 11) is 0. The fourth-order valence-electron chi connectivity index (χ4n) is 1.67. The average molecular weight is 272 g/mol. The van der Waals surface area contributed by atoms with Gasteiger partial charge in [0.25, 0.3) is 5.91 Å². The van der Waals surface area contributed by atoms with Gasteiger partial charge in [-0.2, -0.15) is 0 Å². The van der Waals surface area contributed by atoms with E-state index in [0.29, 0.717) is 13.1 Å². The number of benzene rings is 1. The molecule has 0 aliphatic carbocycles. The van der Waals surface area contributed by atoms with Crippen LogP contribution in [-0.2, 0) is 4.79 Å². The van der Waals surface area contributed by atoms with Crippen molar-refractivity contribution >= 4 is 11.6 Å². The molecule has 0 aliphatic rings. The van der Waals surface area contributed by atoms with Crippen molar-refractivity contribution in [1.29, 1.82) is 0 Å². The number of nitrogens with two attached hydrogens (primary N) is 1. The lowest BCUT2D eigenvalue weighted by Gasteiger charge is -2.23. The van der Waals surface area contributed by atoms with Crippen LogP contribution in [0.15, 0.2) is 12.1 Å². The summed E-state index contributed by atoms with van der Waals surface area (Å²) in [6.45, 7) is 6.22. The highest BCUT2D eigenvalue weighted by molar-refractivity contribution is 5.80. The Balaban J connectivity index is 2.85. The Morgan fingerprint density at radius 3 is 2.42 bits per heavy atom. The van der Waals surface area contributed by atoms with Crippen LogP contribution in [0.1, 0.15) is 20.8 Å². The molecule has 2 N–H and O–H groups in total. The molecule has 6 heteroatoms. The van der Waals surface area contributed by atoms with Crippen LogP contribution < -0.4 is 10.5 Å². The van der Waals surface area contributed by atoms with Crippen molar-refractivity contribution in [2.24, 2.45) is 0 Å².